The molecule has 0 spiro atoms. The van der Waals surface area contributed by atoms with E-state index in [-0.39, 0.29) is 7.43 Å². The molecule has 0 aliphatic rings. The van der Waals surface area contributed by atoms with Crippen LogP contribution in [0.3, 0.4) is 0 Å². The molecule has 0 aliphatic heterocycles. The van der Waals surface area contributed by atoms with Crippen LogP contribution < -0.4 is 0 Å². The zero-order chi connectivity index (χ0) is 11.3. The van der Waals surface area contributed by atoms with Crippen molar-refractivity contribution in [3.05, 3.63) is 47.5 Å². The maximum atomic E-state index is 2.27. The van der Waals surface area contributed by atoms with Gasteiger partial charge in [0.05, 0.1) is 0 Å². The van der Waals surface area contributed by atoms with E-state index in [1.165, 1.54) is 21.9 Å². The van der Waals surface area contributed by atoms with Crippen LogP contribution in [0.15, 0.2) is 36.4 Å². The molecule has 0 unspecified atom stereocenters. The second kappa shape index (κ2) is 7.05. The van der Waals surface area contributed by atoms with E-state index in [2.05, 4.69) is 50.2 Å². The summed E-state index contributed by atoms with van der Waals surface area (Å²) in [6.07, 6.45) is 1.11. The fourth-order valence-corrected chi connectivity index (χ4v) is 1.63. The van der Waals surface area contributed by atoms with Gasteiger partial charge in [-0.1, -0.05) is 70.2 Å². The molecule has 0 heteroatoms. The number of rotatable bonds is 1. The Kier molecular flexibility index (Phi) is 6.48. The molecule has 88 valence electrons. The quantitative estimate of drug-likeness (QED) is 0.601. The van der Waals surface area contributed by atoms with E-state index >= 15 is 0 Å². The van der Waals surface area contributed by atoms with Crippen molar-refractivity contribution in [3.8, 4) is 0 Å². The average molecular weight is 216 g/mol. The average Bonchev–Trinajstić information content (AvgIpc) is 2.31. The molecule has 0 radical (unpaired) electrons. The first kappa shape index (κ1) is 14.7. The summed E-state index contributed by atoms with van der Waals surface area (Å²) in [6.45, 7) is 8.32. The molecule has 0 atom stereocenters. The molecular weight excluding hydrogens is 192 g/mol. The van der Waals surface area contributed by atoms with Crippen LogP contribution in [-0.4, -0.2) is 0 Å². The van der Waals surface area contributed by atoms with Gasteiger partial charge in [0.2, 0.25) is 0 Å². The molecule has 0 nitrogen and oxygen atoms in total. The van der Waals surface area contributed by atoms with Gasteiger partial charge in [0.25, 0.3) is 0 Å². The first-order valence-electron chi connectivity index (χ1n) is 5.79. The van der Waals surface area contributed by atoms with Crippen LogP contribution in [0.1, 0.15) is 39.3 Å². The summed E-state index contributed by atoms with van der Waals surface area (Å²) in [7, 11) is 0. The van der Waals surface area contributed by atoms with Crippen LogP contribution in [0, 0.1) is 6.92 Å². The van der Waals surface area contributed by atoms with Gasteiger partial charge >= 0.3 is 0 Å². The maximum Gasteiger partial charge on any atom is -0.0181 e. The van der Waals surface area contributed by atoms with Crippen molar-refractivity contribution in [2.24, 2.45) is 0 Å². The van der Waals surface area contributed by atoms with Crippen LogP contribution in [-0.2, 0) is 6.42 Å². The van der Waals surface area contributed by atoms with E-state index in [4.69, 9.17) is 0 Å². The number of benzene rings is 2. The van der Waals surface area contributed by atoms with Gasteiger partial charge in [-0.3, -0.25) is 0 Å². The molecule has 0 heterocycles. The van der Waals surface area contributed by atoms with E-state index < -0.39 is 0 Å². The fraction of sp³-hybridized carbons (Fsp3) is 0.375. The van der Waals surface area contributed by atoms with Crippen LogP contribution in [0.2, 0.25) is 0 Å². The standard InChI is InChI=1S/C13H14.C2H6.CH4/c1-3-11-5-7-12-8-10(2)4-6-13(12)9-11;1-2;/h4-9H,3H2,1-2H3;1-2H3;1H4. The van der Waals surface area contributed by atoms with Crippen LogP contribution in [0.25, 0.3) is 10.8 Å². The normalized spacial score (nSPS) is 9.00. The lowest BCUT2D eigenvalue weighted by Crippen LogP contribution is -1.80. The summed E-state index contributed by atoms with van der Waals surface area (Å²) >= 11 is 0. The lowest BCUT2D eigenvalue weighted by molar-refractivity contribution is 1.15. The van der Waals surface area contributed by atoms with E-state index in [9.17, 15) is 0 Å². The SMILES string of the molecule is C.CC.CCc1ccc2cc(C)ccc2c1. The minimum Gasteiger partial charge on any atom is -0.0776 e. The van der Waals surface area contributed by atoms with Gasteiger partial charge in [-0.25, -0.2) is 0 Å². The monoisotopic (exact) mass is 216 g/mol. The van der Waals surface area contributed by atoms with E-state index in [1.807, 2.05) is 13.8 Å². The Labute approximate surface area is 100 Å². The largest absolute Gasteiger partial charge is 0.0776 e. The van der Waals surface area contributed by atoms with Gasteiger partial charge < -0.3 is 0 Å². The maximum absolute atomic E-state index is 2.27. The molecule has 0 saturated heterocycles. The Morgan fingerprint density at radius 1 is 0.875 bits per heavy atom. The lowest BCUT2D eigenvalue weighted by Gasteiger charge is -2.01. The molecule has 2 rings (SSSR count). The first-order valence-corrected chi connectivity index (χ1v) is 5.79. The third-order valence-electron chi connectivity index (χ3n) is 2.47. The molecule has 2 aromatic rings. The van der Waals surface area contributed by atoms with Crippen molar-refractivity contribution < 1.29 is 0 Å². The number of fused-ring (bicyclic) bond motifs is 1. The summed E-state index contributed by atoms with van der Waals surface area (Å²) in [4.78, 5) is 0. The fourth-order valence-electron chi connectivity index (χ4n) is 1.63. The van der Waals surface area contributed by atoms with Gasteiger partial charge in [-0.2, -0.15) is 0 Å². The number of hydrogen-bond acceptors (Lipinski definition) is 0. The molecule has 0 fully saturated rings. The Morgan fingerprint density at radius 2 is 1.44 bits per heavy atom. The Bertz CT molecular complexity index is 427. The van der Waals surface area contributed by atoms with Crippen molar-refractivity contribution in [2.75, 3.05) is 0 Å². The van der Waals surface area contributed by atoms with Gasteiger partial charge in [0.1, 0.15) is 0 Å². The zero-order valence-electron chi connectivity index (χ0n) is 10.2. The molecule has 0 amide bonds. The molecule has 0 bridgehead atoms. The summed E-state index contributed by atoms with van der Waals surface area (Å²) in [5.41, 5.74) is 2.74. The highest BCUT2D eigenvalue weighted by molar-refractivity contribution is 5.83. The molecule has 2 aromatic carbocycles. The van der Waals surface area contributed by atoms with Crippen molar-refractivity contribution in [3.63, 3.8) is 0 Å². The molecule has 0 N–H and O–H groups in total. The highest BCUT2D eigenvalue weighted by Crippen LogP contribution is 2.17. The smallest absolute Gasteiger partial charge is 0.0181 e. The van der Waals surface area contributed by atoms with Gasteiger partial charge in [0.15, 0.2) is 0 Å². The summed E-state index contributed by atoms with van der Waals surface area (Å²) in [5, 5.41) is 2.70. The second-order valence-corrected chi connectivity index (χ2v) is 3.54. The number of aryl methyl sites for hydroxylation is 2. The Morgan fingerprint density at radius 3 is 2.06 bits per heavy atom. The molecular formula is C16H24. The Balaban J connectivity index is 0.000000711. The van der Waals surface area contributed by atoms with E-state index in [1.54, 1.807) is 0 Å². The Hall–Kier alpha value is -1.30. The summed E-state index contributed by atoms with van der Waals surface area (Å²) in [6, 6.07) is 13.3. The van der Waals surface area contributed by atoms with E-state index in [0.717, 1.165) is 6.42 Å². The van der Waals surface area contributed by atoms with Gasteiger partial charge in [-0.05, 0) is 29.7 Å². The van der Waals surface area contributed by atoms with Crippen molar-refractivity contribution in [1.82, 2.24) is 0 Å². The van der Waals surface area contributed by atoms with Gasteiger partial charge in [-0.15, -0.1) is 0 Å². The van der Waals surface area contributed by atoms with Gasteiger partial charge in [0, 0.05) is 0 Å². The predicted molar refractivity (Wildman–Crippen MR) is 76.1 cm³/mol. The lowest BCUT2D eigenvalue weighted by atomic mass is 10.0. The second-order valence-electron chi connectivity index (χ2n) is 3.54. The van der Waals surface area contributed by atoms with Crippen LogP contribution in [0.4, 0.5) is 0 Å². The molecule has 0 aromatic heterocycles. The van der Waals surface area contributed by atoms with E-state index in [0.29, 0.717) is 0 Å². The minimum atomic E-state index is 0. The topological polar surface area (TPSA) is 0 Å². The summed E-state index contributed by atoms with van der Waals surface area (Å²) in [5.74, 6) is 0. The third-order valence-corrected chi connectivity index (χ3v) is 2.47. The van der Waals surface area contributed by atoms with Crippen molar-refractivity contribution in [2.45, 2.75) is 41.5 Å². The minimum absolute atomic E-state index is 0. The van der Waals surface area contributed by atoms with Crippen molar-refractivity contribution >= 4 is 10.8 Å². The summed E-state index contributed by atoms with van der Waals surface area (Å²) < 4.78 is 0. The third kappa shape index (κ3) is 3.37. The van der Waals surface area contributed by atoms with Crippen LogP contribution >= 0.6 is 0 Å². The highest BCUT2D eigenvalue weighted by atomic mass is 14.0. The molecule has 16 heavy (non-hydrogen) atoms. The molecule has 0 saturated carbocycles. The highest BCUT2D eigenvalue weighted by Gasteiger charge is 1.94. The predicted octanol–water partition coefficient (Wildman–Crippen LogP) is 5.37. The van der Waals surface area contributed by atoms with Crippen LogP contribution in [0.5, 0.6) is 0 Å². The zero-order valence-corrected chi connectivity index (χ0v) is 10.2. The van der Waals surface area contributed by atoms with Crippen molar-refractivity contribution in [1.29, 1.82) is 0 Å². The number of hydrogen-bond donors (Lipinski definition) is 0. The molecule has 0 aliphatic carbocycles. The first-order chi connectivity index (χ1) is 7.29.